The predicted octanol–water partition coefficient (Wildman–Crippen LogP) is 4.40. The van der Waals surface area contributed by atoms with Crippen LogP contribution in [0.25, 0.3) is 0 Å². The van der Waals surface area contributed by atoms with E-state index in [1.807, 2.05) is 25.7 Å². The van der Waals surface area contributed by atoms with Crippen molar-refractivity contribution in [3.8, 4) is 5.88 Å². The summed E-state index contributed by atoms with van der Waals surface area (Å²) < 4.78 is 17.0. The van der Waals surface area contributed by atoms with Crippen molar-refractivity contribution in [2.45, 2.75) is 104 Å². The van der Waals surface area contributed by atoms with Crippen molar-refractivity contribution in [1.82, 2.24) is 30.3 Å². The average Bonchev–Trinajstić information content (AvgIpc) is 3.65. The summed E-state index contributed by atoms with van der Waals surface area (Å²) in [6.07, 6.45) is 8.39. The number of carbonyl (C=O) groups is 2. The van der Waals surface area contributed by atoms with Gasteiger partial charge in [0.15, 0.2) is 5.82 Å². The molecule has 3 aliphatic rings. The molecule has 248 valence electrons. The molecule has 3 saturated heterocycles. The summed E-state index contributed by atoms with van der Waals surface area (Å²) in [5.74, 6) is 3.45. The fraction of sp³-hybridized carbons (Fsp3) is 0.750. The summed E-state index contributed by atoms with van der Waals surface area (Å²) in [5.41, 5.74) is -0.608. The van der Waals surface area contributed by atoms with Crippen LogP contribution in [0.1, 0.15) is 91.8 Å². The lowest BCUT2D eigenvalue weighted by molar-refractivity contribution is -0.135. The molecule has 0 aliphatic carbocycles. The van der Waals surface area contributed by atoms with Crippen molar-refractivity contribution in [2.24, 2.45) is 11.8 Å². The molecule has 5 heterocycles. The molecule has 0 radical (unpaired) electrons. The third-order valence-electron chi connectivity index (χ3n) is 9.08. The number of anilines is 2. The van der Waals surface area contributed by atoms with Gasteiger partial charge in [0.2, 0.25) is 11.8 Å². The molecule has 0 saturated carbocycles. The summed E-state index contributed by atoms with van der Waals surface area (Å²) in [6, 6.07) is 0.188. The second-order valence-electron chi connectivity index (χ2n) is 14.0. The summed E-state index contributed by atoms with van der Waals surface area (Å²) in [4.78, 5) is 45.3. The van der Waals surface area contributed by atoms with Crippen molar-refractivity contribution in [1.29, 1.82) is 0 Å². The first-order chi connectivity index (χ1) is 21.5. The van der Waals surface area contributed by atoms with Gasteiger partial charge in [0.05, 0.1) is 31.1 Å². The quantitative estimate of drug-likeness (QED) is 0.401. The fourth-order valence-electron chi connectivity index (χ4n) is 6.45. The Balaban J connectivity index is 1.10. The van der Waals surface area contributed by atoms with Gasteiger partial charge in [-0.2, -0.15) is 4.98 Å². The van der Waals surface area contributed by atoms with Gasteiger partial charge in [0.25, 0.3) is 0 Å². The summed E-state index contributed by atoms with van der Waals surface area (Å²) in [6.45, 7) is 16.1. The molecule has 2 amide bonds. The summed E-state index contributed by atoms with van der Waals surface area (Å²) >= 11 is 0. The number of alkyl carbamates (subject to hydrolysis) is 1. The van der Waals surface area contributed by atoms with Crippen molar-refractivity contribution in [3.63, 3.8) is 0 Å². The number of nitrogens with one attached hydrogen (secondary N) is 1. The molecule has 13 nitrogen and oxygen atoms in total. The monoisotopic (exact) mass is 626 g/mol. The van der Waals surface area contributed by atoms with E-state index in [9.17, 15) is 9.59 Å². The molecule has 0 spiro atoms. The van der Waals surface area contributed by atoms with E-state index >= 15 is 0 Å². The molecule has 5 rings (SSSR count). The number of rotatable bonds is 10. The highest BCUT2D eigenvalue weighted by molar-refractivity contribution is 5.78. The van der Waals surface area contributed by atoms with Gasteiger partial charge in [-0.1, -0.05) is 25.9 Å². The molecule has 0 unspecified atom stereocenters. The van der Waals surface area contributed by atoms with Crippen LogP contribution < -0.4 is 19.9 Å². The highest BCUT2D eigenvalue weighted by atomic mass is 16.6. The summed E-state index contributed by atoms with van der Waals surface area (Å²) in [5, 5.41) is 7.11. The van der Waals surface area contributed by atoms with Gasteiger partial charge in [-0.25, -0.2) is 14.8 Å². The number of hydrogen-bond acceptors (Lipinski definition) is 11. The van der Waals surface area contributed by atoms with E-state index in [0.717, 1.165) is 51.0 Å². The lowest BCUT2D eigenvalue weighted by atomic mass is 9.84. The molecular formula is C32H50N8O5. The first kappa shape index (κ1) is 32.7. The van der Waals surface area contributed by atoms with Crippen molar-refractivity contribution >= 4 is 23.8 Å². The highest BCUT2D eigenvalue weighted by Gasteiger charge is 2.41. The van der Waals surface area contributed by atoms with E-state index in [4.69, 9.17) is 14.0 Å². The van der Waals surface area contributed by atoms with Crippen LogP contribution in [0.15, 0.2) is 16.9 Å². The maximum Gasteiger partial charge on any atom is 0.408 e. The van der Waals surface area contributed by atoms with E-state index in [1.54, 1.807) is 12.4 Å². The van der Waals surface area contributed by atoms with Crippen LogP contribution in [-0.2, 0) is 9.53 Å². The number of piperidine rings is 2. The van der Waals surface area contributed by atoms with Gasteiger partial charge >= 0.3 is 12.1 Å². The largest absolute Gasteiger partial charge is 0.477 e. The van der Waals surface area contributed by atoms with Crippen molar-refractivity contribution in [3.05, 3.63) is 18.2 Å². The van der Waals surface area contributed by atoms with E-state index in [-0.39, 0.29) is 23.9 Å². The molecule has 3 fully saturated rings. The first-order valence-corrected chi connectivity index (χ1v) is 16.5. The van der Waals surface area contributed by atoms with E-state index in [0.29, 0.717) is 62.2 Å². The molecule has 1 N–H and O–H groups in total. The number of ether oxygens (including phenoxy) is 2. The SMILES string of the molecule is CC(C)c1noc(N2CCC([C@H](C)CCOc3cnc(N4C[C@H](NC(=O)OC(C)(C)C)[C@H](N5CCCCC5=O)C4)cn3)CC2)n1. The van der Waals surface area contributed by atoms with Crippen LogP contribution in [0.4, 0.5) is 16.6 Å². The molecule has 0 bridgehead atoms. The van der Waals surface area contributed by atoms with Gasteiger partial charge in [-0.15, -0.1) is 0 Å². The van der Waals surface area contributed by atoms with Gasteiger partial charge < -0.3 is 34.0 Å². The Morgan fingerprint density at radius 1 is 1.07 bits per heavy atom. The van der Waals surface area contributed by atoms with Crippen LogP contribution in [0.3, 0.4) is 0 Å². The second-order valence-corrected chi connectivity index (χ2v) is 14.0. The van der Waals surface area contributed by atoms with E-state index < -0.39 is 11.7 Å². The average molecular weight is 627 g/mol. The zero-order valence-electron chi connectivity index (χ0n) is 27.7. The lowest BCUT2D eigenvalue weighted by Gasteiger charge is -2.35. The standard InChI is InChI=1S/C32H50N8O5/c1-21(2)29-36-30(45-37-29)38-14-10-23(11-15-38)22(3)12-16-43-27-18-33-26(17-34-27)39-19-24(35-31(42)44-32(4,5)6)25(20-39)40-13-8-7-9-28(40)41/h17-18,21-25H,7-16,19-20H2,1-6H3,(H,35,42)/t22-,24+,25-/m1/s1. The molecule has 2 aromatic rings. The van der Waals surface area contributed by atoms with Gasteiger partial charge in [0, 0.05) is 45.1 Å². The third kappa shape index (κ3) is 8.55. The third-order valence-corrected chi connectivity index (χ3v) is 9.08. The molecule has 13 heteroatoms. The number of amides is 2. The Morgan fingerprint density at radius 2 is 1.84 bits per heavy atom. The fourth-order valence-corrected chi connectivity index (χ4v) is 6.45. The Bertz CT molecular complexity index is 1270. The molecule has 2 aromatic heterocycles. The van der Waals surface area contributed by atoms with Crippen molar-refractivity contribution in [2.75, 3.05) is 49.1 Å². The van der Waals surface area contributed by atoms with Gasteiger partial charge in [-0.3, -0.25) is 4.79 Å². The smallest absolute Gasteiger partial charge is 0.408 e. The van der Waals surface area contributed by atoms with E-state index in [1.165, 1.54) is 0 Å². The molecule has 0 aromatic carbocycles. The number of hydrogen-bond donors (Lipinski definition) is 1. The summed E-state index contributed by atoms with van der Waals surface area (Å²) in [7, 11) is 0. The normalized spacial score (nSPS) is 22.2. The van der Waals surface area contributed by atoms with Crippen molar-refractivity contribution < 1.29 is 23.6 Å². The Hall–Kier alpha value is -3.64. The maximum atomic E-state index is 12.8. The van der Waals surface area contributed by atoms with Crippen LogP contribution in [-0.4, -0.2) is 94.0 Å². The minimum atomic E-state index is -0.608. The Morgan fingerprint density at radius 3 is 2.49 bits per heavy atom. The van der Waals surface area contributed by atoms with E-state index in [2.05, 4.69) is 56.0 Å². The minimum Gasteiger partial charge on any atom is -0.477 e. The predicted molar refractivity (Wildman–Crippen MR) is 169 cm³/mol. The molecule has 3 aliphatic heterocycles. The maximum absolute atomic E-state index is 12.8. The van der Waals surface area contributed by atoms with Crippen LogP contribution >= 0.6 is 0 Å². The zero-order valence-corrected chi connectivity index (χ0v) is 27.7. The topological polar surface area (TPSA) is 139 Å². The Kier molecular flexibility index (Phi) is 10.3. The van der Waals surface area contributed by atoms with Crippen LogP contribution in [0.2, 0.25) is 0 Å². The van der Waals surface area contributed by atoms with Gasteiger partial charge in [-0.05, 0) is 64.7 Å². The molecule has 45 heavy (non-hydrogen) atoms. The lowest BCUT2D eigenvalue weighted by Crippen LogP contribution is -2.54. The Labute approximate surface area is 266 Å². The van der Waals surface area contributed by atoms with Crippen LogP contribution in [0.5, 0.6) is 5.88 Å². The minimum absolute atomic E-state index is 0.130. The van der Waals surface area contributed by atoms with Crippen LogP contribution in [0, 0.1) is 11.8 Å². The van der Waals surface area contributed by atoms with Gasteiger partial charge in [0.1, 0.15) is 11.4 Å². The zero-order chi connectivity index (χ0) is 32.1. The molecule has 3 atom stereocenters. The second kappa shape index (κ2) is 14.2. The molecular weight excluding hydrogens is 576 g/mol. The number of carbonyl (C=O) groups excluding carboxylic acids is 2. The highest BCUT2D eigenvalue weighted by Crippen LogP contribution is 2.30. The number of nitrogens with zero attached hydrogens (tertiary/aromatic N) is 7. The number of aromatic nitrogens is 4. The number of likely N-dealkylation sites (tertiary alicyclic amines) is 1. The first-order valence-electron chi connectivity index (χ1n) is 16.5.